The van der Waals surface area contributed by atoms with Gasteiger partial charge in [-0.1, -0.05) is 19.1 Å². The Hall–Kier alpha value is -2.74. The summed E-state index contributed by atoms with van der Waals surface area (Å²) in [7, 11) is -2.48. The summed E-state index contributed by atoms with van der Waals surface area (Å²) in [4.78, 5) is 14.4. The Morgan fingerprint density at radius 2 is 1.73 bits per heavy atom. The lowest BCUT2D eigenvalue weighted by Crippen LogP contribution is -2.46. The summed E-state index contributed by atoms with van der Waals surface area (Å²) in [6, 6.07) is 12.6. The first-order valence-corrected chi connectivity index (χ1v) is 11.3. The van der Waals surface area contributed by atoms with E-state index in [-0.39, 0.29) is 28.8 Å². The van der Waals surface area contributed by atoms with E-state index in [0.29, 0.717) is 12.3 Å². The highest BCUT2D eigenvalue weighted by molar-refractivity contribution is 7.87. The number of carbonyl (C=O) groups excluding carboxylic acids is 1. The summed E-state index contributed by atoms with van der Waals surface area (Å²) >= 11 is 0. The highest BCUT2D eigenvalue weighted by Crippen LogP contribution is 2.23. The number of amides is 2. The van der Waals surface area contributed by atoms with E-state index in [9.17, 15) is 13.2 Å². The van der Waals surface area contributed by atoms with Gasteiger partial charge >= 0.3 is 16.1 Å². The summed E-state index contributed by atoms with van der Waals surface area (Å²) in [6.45, 7) is 8.15. The van der Waals surface area contributed by atoms with Gasteiger partial charge in [-0.3, -0.25) is 0 Å². The van der Waals surface area contributed by atoms with Crippen LogP contribution in [-0.2, 0) is 16.7 Å². The van der Waals surface area contributed by atoms with Crippen LogP contribution < -0.4 is 14.2 Å². The molecule has 0 radical (unpaired) electrons. The summed E-state index contributed by atoms with van der Waals surface area (Å²) in [5.74, 6) is 0.748. The standard InChI is InChI=1S/C22H30N2O5S/c1-6-17(4)24(22(25)23-16(2)3)15-18-8-7-9-20(14-18)29-30(26,27)21-12-10-19(28-5)11-13-21/h7-14,16-17H,6,15H2,1-5H3,(H,23,25)/t17-/m1/s1. The van der Waals surface area contributed by atoms with Gasteiger partial charge in [0.2, 0.25) is 0 Å². The molecular weight excluding hydrogens is 404 g/mol. The highest BCUT2D eigenvalue weighted by atomic mass is 32.2. The lowest BCUT2D eigenvalue weighted by Gasteiger charge is -2.30. The van der Waals surface area contributed by atoms with Gasteiger partial charge in [0.25, 0.3) is 0 Å². The number of benzene rings is 2. The van der Waals surface area contributed by atoms with E-state index in [0.717, 1.165) is 12.0 Å². The first kappa shape index (κ1) is 23.5. The maximum atomic E-state index is 12.6. The van der Waals surface area contributed by atoms with Crippen molar-refractivity contribution in [2.45, 2.75) is 57.6 Å². The van der Waals surface area contributed by atoms with Crippen LogP contribution in [0.25, 0.3) is 0 Å². The maximum Gasteiger partial charge on any atom is 0.339 e. The summed E-state index contributed by atoms with van der Waals surface area (Å²) in [5.41, 5.74) is 0.775. The second-order valence-corrected chi connectivity index (χ2v) is 8.90. The average molecular weight is 435 g/mol. The molecule has 0 saturated heterocycles. The van der Waals surface area contributed by atoms with E-state index in [1.165, 1.54) is 19.2 Å². The molecule has 2 aromatic rings. The Bertz CT molecular complexity index is 942. The van der Waals surface area contributed by atoms with E-state index in [4.69, 9.17) is 8.92 Å². The van der Waals surface area contributed by atoms with Gasteiger partial charge in [-0.05, 0) is 69.2 Å². The smallest absolute Gasteiger partial charge is 0.339 e. The zero-order chi connectivity index (χ0) is 22.3. The van der Waals surface area contributed by atoms with Gasteiger partial charge in [-0.25, -0.2) is 4.79 Å². The first-order chi connectivity index (χ1) is 14.2. The lowest BCUT2D eigenvalue weighted by atomic mass is 10.1. The van der Waals surface area contributed by atoms with Crippen LogP contribution in [0.4, 0.5) is 4.79 Å². The third-order valence-electron chi connectivity index (χ3n) is 4.60. The van der Waals surface area contributed by atoms with E-state index in [1.54, 1.807) is 35.2 Å². The minimum Gasteiger partial charge on any atom is -0.497 e. The molecule has 0 unspecified atom stereocenters. The topological polar surface area (TPSA) is 84.9 Å². The minimum absolute atomic E-state index is 0.0216. The molecule has 1 N–H and O–H groups in total. The quantitative estimate of drug-likeness (QED) is 0.599. The Labute approximate surface area is 179 Å². The second kappa shape index (κ2) is 10.3. The van der Waals surface area contributed by atoms with Crippen LogP contribution in [0.3, 0.4) is 0 Å². The molecule has 7 nitrogen and oxygen atoms in total. The van der Waals surface area contributed by atoms with Gasteiger partial charge < -0.3 is 19.1 Å². The number of rotatable bonds is 9. The van der Waals surface area contributed by atoms with E-state index < -0.39 is 10.1 Å². The molecule has 0 saturated carbocycles. The number of nitrogens with zero attached hydrogens (tertiary/aromatic N) is 1. The molecule has 0 aliphatic carbocycles. The fourth-order valence-corrected chi connectivity index (χ4v) is 3.71. The molecule has 1 atom stereocenters. The number of hydrogen-bond acceptors (Lipinski definition) is 5. The Kier molecular flexibility index (Phi) is 8.11. The largest absolute Gasteiger partial charge is 0.497 e. The molecule has 0 fully saturated rings. The number of urea groups is 1. The molecule has 2 aromatic carbocycles. The highest BCUT2D eigenvalue weighted by Gasteiger charge is 2.21. The van der Waals surface area contributed by atoms with Gasteiger partial charge in [-0.2, -0.15) is 8.42 Å². The molecule has 0 aliphatic rings. The van der Waals surface area contributed by atoms with Crippen LogP contribution in [0, 0.1) is 0 Å². The van der Waals surface area contributed by atoms with Gasteiger partial charge in [-0.15, -0.1) is 0 Å². The van der Waals surface area contributed by atoms with Crippen molar-refractivity contribution in [3.8, 4) is 11.5 Å². The van der Waals surface area contributed by atoms with E-state index >= 15 is 0 Å². The molecule has 0 aromatic heterocycles. The second-order valence-electron chi connectivity index (χ2n) is 7.35. The molecular formula is C22H30N2O5S. The summed E-state index contributed by atoms with van der Waals surface area (Å²) in [5, 5.41) is 2.91. The zero-order valence-corrected chi connectivity index (χ0v) is 18.9. The van der Waals surface area contributed by atoms with Crippen molar-refractivity contribution in [2.24, 2.45) is 0 Å². The zero-order valence-electron chi connectivity index (χ0n) is 18.1. The maximum absolute atomic E-state index is 12.6. The van der Waals surface area contributed by atoms with E-state index in [1.807, 2.05) is 33.8 Å². The van der Waals surface area contributed by atoms with Crippen LogP contribution in [0.2, 0.25) is 0 Å². The molecule has 0 bridgehead atoms. The Morgan fingerprint density at radius 3 is 2.30 bits per heavy atom. The SMILES string of the molecule is CC[C@@H](C)N(Cc1cccc(OS(=O)(=O)c2ccc(OC)cc2)c1)C(=O)NC(C)C. The van der Waals surface area contributed by atoms with Gasteiger partial charge in [0, 0.05) is 18.6 Å². The van der Waals surface area contributed by atoms with Crippen LogP contribution in [0.5, 0.6) is 11.5 Å². The monoisotopic (exact) mass is 434 g/mol. The molecule has 164 valence electrons. The van der Waals surface area contributed by atoms with Crippen molar-refractivity contribution in [3.63, 3.8) is 0 Å². The predicted octanol–water partition coefficient (Wildman–Crippen LogP) is 4.18. The molecule has 8 heteroatoms. The van der Waals surface area contributed by atoms with Crippen LogP contribution >= 0.6 is 0 Å². The number of nitrogens with one attached hydrogen (secondary N) is 1. The minimum atomic E-state index is -3.99. The van der Waals surface area contributed by atoms with Crippen molar-refractivity contribution >= 4 is 16.1 Å². The molecule has 30 heavy (non-hydrogen) atoms. The van der Waals surface area contributed by atoms with Crippen LogP contribution in [0.1, 0.15) is 39.7 Å². The molecule has 0 aliphatic heterocycles. The third kappa shape index (κ3) is 6.38. The normalized spacial score (nSPS) is 12.3. The number of carbonyl (C=O) groups is 1. The fourth-order valence-electron chi connectivity index (χ4n) is 2.79. The number of ether oxygens (including phenoxy) is 1. The Balaban J connectivity index is 2.20. The number of methoxy groups -OCH3 is 1. The summed E-state index contributed by atoms with van der Waals surface area (Å²) < 4.78 is 35.5. The van der Waals surface area contributed by atoms with Gasteiger partial charge in [0.1, 0.15) is 16.4 Å². The van der Waals surface area contributed by atoms with Crippen molar-refractivity contribution in [1.29, 1.82) is 0 Å². The average Bonchev–Trinajstić information content (AvgIpc) is 2.71. The van der Waals surface area contributed by atoms with E-state index in [2.05, 4.69) is 5.32 Å². The molecule has 2 rings (SSSR count). The lowest BCUT2D eigenvalue weighted by molar-refractivity contribution is 0.171. The Morgan fingerprint density at radius 1 is 1.07 bits per heavy atom. The van der Waals surface area contributed by atoms with Gasteiger partial charge in [0.05, 0.1) is 7.11 Å². The van der Waals surface area contributed by atoms with Crippen LogP contribution in [-0.4, -0.2) is 38.5 Å². The summed E-state index contributed by atoms with van der Waals surface area (Å²) in [6.07, 6.45) is 0.799. The predicted molar refractivity (Wildman–Crippen MR) is 116 cm³/mol. The van der Waals surface area contributed by atoms with Crippen molar-refractivity contribution in [2.75, 3.05) is 7.11 Å². The van der Waals surface area contributed by atoms with Gasteiger partial charge in [0.15, 0.2) is 0 Å². The van der Waals surface area contributed by atoms with Crippen molar-refractivity contribution in [1.82, 2.24) is 10.2 Å². The molecule has 0 heterocycles. The number of hydrogen-bond donors (Lipinski definition) is 1. The molecule has 0 spiro atoms. The van der Waals surface area contributed by atoms with Crippen molar-refractivity contribution in [3.05, 3.63) is 54.1 Å². The van der Waals surface area contributed by atoms with Crippen molar-refractivity contribution < 1.29 is 22.1 Å². The first-order valence-electron chi connectivity index (χ1n) is 9.91. The fraction of sp³-hybridized carbons (Fsp3) is 0.409. The third-order valence-corrected chi connectivity index (χ3v) is 5.86. The molecule has 2 amide bonds. The van der Waals surface area contributed by atoms with Crippen LogP contribution in [0.15, 0.2) is 53.4 Å².